The maximum atomic E-state index is 2.47. The zero-order valence-electron chi connectivity index (χ0n) is 32.1. The lowest BCUT2D eigenvalue weighted by molar-refractivity contribution is 0.795. The van der Waals surface area contributed by atoms with Crippen molar-refractivity contribution in [3.63, 3.8) is 0 Å². The van der Waals surface area contributed by atoms with Gasteiger partial charge in [0.25, 0.3) is 0 Å². The molecular weight excluding hydrogens is 731 g/mol. The molecule has 2 heteroatoms. The Morgan fingerprint density at radius 1 is 0.305 bits per heavy atom. The zero-order valence-corrected chi connectivity index (χ0v) is 32.9. The number of fused-ring (bicyclic) bond motifs is 15. The van der Waals surface area contributed by atoms with Crippen LogP contribution in [-0.4, -0.2) is 0 Å². The third-order valence-electron chi connectivity index (χ3n) is 13.0. The van der Waals surface area contributed by atoms with Gasteiger partial charge < -0.3 is 4.90 Å². The monoisotopic (exact) mass is 765 g/mol. The van der Waals surface area contributed by atoms with Gasteiger partial charge in [-0.15, -0.1) is 11.3 Å². The number of anilines is 3. The van der Waals surface area contributed by atoms with Crippen molar-refractivity contribution in [2.24, 2.45) is 0 Å². The smallest absolute Gasteiger partial charge is 0.0725 e. The maximum Gasteiger partial charge on any atom is 0.0725 e. The van der Waals surface area contributed by atoms with Crippen molar-refractivity contribution in [1.82, 2.24) is 0 Å². The Kier molecular flexibility index (Phi) is 6.87. The van der Waals surface area contributed by atoms with E-state index in [9.17, 15) is 0 Å². The Morgan fingerprint density at radius 2 is 0.831 bits per heavy atom. The van der Waals surface area contributed by atoms with Crippen LogP contribution >= 0.6 is 11.3 Å². The molecule has 0 saturated heterocycles. The number of hydrogen-bond acceptors (Lipinski definition) is 2. The van der Waals surface area contributed by atoms with E-state index < -0.39 is 0 Å². The molecule has 1 aromatic heterocycles. The molecule has 0 aliphatic heterocycles. The molecule has 0 N–H and O–H groups in total. The van der Waals surface area contributed by atoms with E-state index in [1.54, 1.807) is 0 Å². The highest BCUT2D eigenvalue weighted by Gasteiger charge is 2.51. The van der Waals surface area contributed by atoms with Crippen LogP contribution in [0.25, 0.3) is 75.1 Å². The van der Waals surface area contributed by atoms with Gasteiger partial charge in [0.15, 0.2) is 0 Å². The van der Waals surface area contributed by atoms with E-state index in [1.807, 2.05) is 11.3 Å². The van der Waals surface area contributed by atoms with Crippen LogP contribution < -0.4 is 4.90 Å². The van der Waals surface area contributed by atoms with Crippen molar-refractivity contribution in [3.8, 4) is 33.4 Å². The highest BCUT2D eigenvalue weighted by molar-refractivity contribution is 7.25. The molecule has 1 unspecified atom stereocenters. The lowest BCUT2D eigenvalue weighted by Crippen LogP contribution is -2.25. The van der Waals surface area contributed by atoms with E-state index in [2.05, 4.69) is 217 Å². The lowest BCUT2D eigenvalue weighted by atomic mass is 9.70. The third-order valence-corrected chi connectivity index (χ3v) is 14.2. The van der Waals surface area contributed by atoms with E-state index in [-0.39, 0.29) is 5.41 Å². The molecule has 0 amide bonds. The minimum absolute atomic E-state index is 0.375. The Labute approximate surface area is 346 Å². The van der Waals surface area contributed by atoms with Gasteiger partial charge in [-0.05, 0) is 150 Å². The minimum Gasteiger partial charge on any atom is -0.310 e. The molecule has 13 rings (SSSR count). The summed E-state index contributed by atoms with van der Waals surface area (Å²) in [6, 6.07) is 79.3. The summed E-state index contributed by atoms with van der Waals surface area (Å²) < 4.78 is 2.60. The van der Waals surface area contributed by atoms with Gasteiger partial charge in [0.05, 0.1) is 5.41 Å². The Balaban J connectivity index is 0.973. The molecule has 0 bridgehead atoms. The van der Waals surface area contributed by atoms with Gasteiger partial charge in [0.2, 0.25) is 0 Å². The van der Waals surface area contributed by atoms with Crippen molar-refractivity contribution in [1.29, 1.82) is 0 Å². The van der Waals surface area contributed by atoms with Crippen molar-refractivity contribution >= 4 is 70.1 Å². The molecule has 59 heavy (non-hydrogen) atoms. The van der Waals surface area contributed by atoms with Gasteiger partial charge in [-0.3, -0.25) is 0 Å². The fraction of sp³-hybridized carbons (Fsp3) is 0.0175. The average Bonchev–Trinajstić information content (AvgIpc) is 3.91. The van der Waals surface area contributed by atoms with Gasteiger partial charge >= 0.3 is 0 Å². The molecule has 1 atom stereocenters. The number of para-hydroxylation sites is 1. The molecule has 1 heterocycles. The third kappa shape index (κ3) is 4.67. The number of thiophene rings is 1. The van der Waals surface area contributed by atoms with Gasteiger partial charge in [-0.1, -0.05) is 140 Å². The Morgan fingerprint density at radius 3 is 1.59 bits per heavy atom. The highest BCUT2D eigenvalue weighted by Crippen LogP contribution is 2.63. The SMILES string of the molecule is c1ccc(N(c2ccc3ccccc3c2)c2ccc3sc4ccc(-c5ccc6c(c5)-c5ccccc5C65c6ccccc6-c6cc7ccccc7cc65)cc4c3c2)cc1. The average molecular weight is 766 g/mol. The van der Waals surface area contributed by atoms with Crippen LogP contribution in [0, 0.1) is 0 Å². The maximum absolute atomic E-state index is 2.47. The van der Waals surface area contributed by atoms with E-state index >= 15 is 0 Å². The van der Waals surface area contributed by atoms with Crippen molar-refractivity contribution in [2.75, 3.05) is 4.90 Å². The molecule has 1 spiro atoms. The fourth-order valence-corrected chi connectivity index (χ4v) is 11.5. The quantitative estimate of drug-likeness (QED) is 0.172. The number of rotatable bonds is 4. The van der Waals surface area contributed by atoms with Crippen molar-refractivity contribution < 1.29 is 0 Å². The topological polar surface area (TPSA) is 3.24 Å². The fourth-order valence-electron chi connectivity index (χ4n) is 10.4. The van der Waals surface area contributed by atoms with E-state index in [0.717, 1.165) is 17.1 Å². The first kappa shape index (κ1) is 32.8. The molecule has 0 radical (unpaired) electrons. The molecule has 2 aliphatic rings. The zero-order chi connectivity index (χ0) is 38.7. The second kappa shape index (κ2) is 12.4. The van der Waals surface area contributed by atoms with Gasteiger partial charge in [-0.2, -0.15) is 0 Å². The first-order valence-corrected chi connectivity index (χ1v) is 21.2. The summed E-state index contributed by atoms with van der Waals surface area (Å²) in [5, 5.41) is 7.61. The molecule has 11 aromatic rings. The first-order chi connectivity index (χ1) is 29.2. The van der Waals surface area contributed by atoms with E-state index in [0.29, 0.717) is 0 Å². The van der Waals surface area contributed by atoms with Crippen LogP contribution in [-0.2, 0) is 5.41 Å². The van der Waals surface area contributed by atoms with Crippen LogP contribution in [0.3, 0.4) is 0 Å². The second-order valence-corrected chi connectivity index (χ2v) is 17.1. The summed E-state index contributed by atoms with van der Waals surface area (Å²) >= 11 is 1.87. The summed E-state index contributed by atoms with van der Waals surface area (Å²) in [7, 11) is 0. The first-order valence-electron chi connectivity index (χ1n) is 20.4. The molecule has 0 fully saturated rings. The molecule has 0 saturated carbocycles. The summed E-state index contributed by atoms with van der Waals surface area (Å²) in [6.07, 6.45) is 0. The van der Waals surface area contributed by atoms with E-state index in [1.165, 1.54) is 97.4 Å². The summed E-state index contributed by atoms with van der Waals surface area (Å²) in [5.74, 6) is 0. The van der Waals surface area contributed by atoms with Crippen molar-refractivity contribution in [3.05, 3.63) is 235 Å². The lowest BCUT2D eigenvalue weighted by Gasteiger charge is -2.30. The Hall–Kier alpha value is -7.26. The van der Waals surface area contributed by atoms with Gasteiger partial charge in [0.1, 0.15) is 0 Å². The summed E-state index contributed by atoms with van der Waals surface area (Å²) in [5.41, 5.74) is 16.3. The molecule has 10 aromatic carbocycles. The summed E-state index contributed by atoms with van der Waals surface area (Å²) in [4.78, 5) is 2.38. The highest BCUT2D eigenvalue weighted by atomic mass is 32.1. The molecular formula is C57H35NS. The second-order valence-electron chi connectivity index (χ2n) is 16.0. The van der Waals surface area contributed by atoms with Crippen LogP contribution in [0.2, 0.25) is 0 Å². The number of benzene rings is 10. The Bertz CT molecular complexity index is 3520. The largest absolute Gasteiger partial charge is 0.310 e. The standard InChI is InChI=1S/C57H35NS/c1-2-16-42(17-3-1)58(43-25-22-36-12-4-5-13-37(36)30-43)44-26-29-56-50(35-44)49-33-41(24-28-55(49)59-56)40-23-27-53-47(32-40)45-18-8-10-20-51(45)57(53)52-21-11-9-19-46(52)48-31-38-14-6-7-15-39(38)34-54(48)57/h1-35H. The van der Waals surface area contributed by atoms with Crippen molar-refractivity contribution in [2.45, 2.75) is 5.41 Å². The van der Waals surface area contributed by atoms with Crippen LogP contribution in [0.1, 0.15) is 22.3 Å². The number of nitrogens with zero attached hydrogens (tertiary/aromatic N) is 1. The summed E-state index contributed by atoms with van der Waals surface area (Å²) in [6.45, 7) is 0. The normalized spacial score (nSPS) is 14.8. The predicted octanol–water partition coefficient (Wildman–Crippen LogP) is 15.8. The van der Waals surface area contributed by atoms with Crippen LogP contribution in [0.5, 0.6) is 0 Å². The molecule has 1 nitrogen and oxygen atoms in total. The minimum atomic E-state index is -0.375. The van der Waals surface area contributed by atoms with E-state index in [4.69, 9.17) is 0 Å². The molecule has 2 aliphatic carbocycles. The van der Waals surface area contributed by atoms with Crippen LogP contribution in [0.15, 0.2) is 212 Å². The predicted molar refractivity (Wildman–Crippen MR) is 251 cm³/mol. The number of hydrogen-bond donors (Lipinski definition) is 0. The van der Waals surface area contributed by atoms with Crippen LogP contribution in [0.4, 0.5) is 17.1 Å². The molecule has 274 valence electrons. The van der Waals surface area contributed by atoms with Gasteiger partial charge in [0, 0.05) is 37.2 Å². The van der Waals surface area contributed by atoms with Gasteiger partial charge in [-0.25, -0.2) is 0 Å².